The van der Waals surface area contributed by atoms with Gasteiger partial charge < -0.3 is 4.74 Å². The predicted molar refractivity (Wildman–Crippen MR) is 97.7 cm³/mol. The van der Waals surface area contributed by atoms with Crippen LogP contribution in [0.25, 0.3) is 0 Å². The second-order valence-corrected chi connectivity index (χ2v) is 7.06. The Bertz CT molecular complexity index is 702. The molecule has 24 heavy (non-hydrogen) atoms. The highest BCUT2D eigenvalue weighted by Gasteiger charge is 2.23. The van der Waals surface area contributed by atoms with Gasteiger partial charge in [-0.15, -0.1) is 0 Å². The van der Waals surface area contributed by atoms with Crippen molar-refractivity contribution in [2.75, 3.05) is 19.7 Å². The summed E-state index contributed by atoms with van der Waals surface area (Å²) in [6.45, 7) is 8.68. The van der Waals surface area contributed by atoms with Gasteiger partial charge in [-0.3, -0.25) is 9.58 Å². The van der Waals surface area contributed by atoms with Gasteiger partial charge in [0.05, 0.1) is 29.0 Å². The highest BCUT2D eigenvalue weighted by molar-refractivity contribution is 6.42. The van der Waals surface area contributed by atoms with Gasteiger partial charge >= 0.3 is 0 Å². The summed E-state index contributed by atoms with van der Waals surface area (Å²) in [6, 6.07) is 5.73. The van der Waals surface area contributed by atoms with E-state index in [4.69, 9.17) is 27.9 Å². The maximum Gasteiger partial charge on any atom is 0.0953 e. The molecule has 1 saturated heterocycles. The molecule has 0 radical (unpaired) electrons. The van der Waals surface area contributed by atoms with Crippen molar-refractivity contribution in [3.8, 4) is 0 Å². The minimum Gasteiger partial charge on any atom is -0.371 e. The highest BCUT2D eigenvalue weighted by atomic mass is 35.5. The van der Waals surface area contributed by atoms with E-state index in [-0.39, 0.29) is 6.10 Å². The van der Waals surface area contributed by atoms with Crippen molar-refractivity contribution in [3.63, 3.8) is 0 Å². The van der Waals surface area contributed by atoms with Crippen molar-refractivity contribution < 1.29 is 4.74 Å². The Labute approximate surface area is 153 Å². The van der Waals surface area contributed by atoms with E-state index in [1.807, 2.05) is 24.4 Å². The molecule has 1 atom stereocenters. The van der Waals surface area contributed by atoms with E-state index in [1.54, 1.807) is 0 Å². The van der Waals surface area contributed by atoms with Crippen molar-refractivity contribution in [2.45, 2.75) is 39.5 Å². The third-order valence-electron chi connectivity index (χ3n) is 4.50. The zero-order chi connectivity index (χ0) is 17.1. The van der Waals surface area contributed by atoms with Crippen LogP contribution in [0.5, 0.6) is 0 Å². The molecule has 0 saturated carbocycles. The Morgan fingerprint density at radius 1 is 1.29 bits per heavy atom. The van der Waals surface area contributed by atoms with E-state index in [2.05, 4.69) is 28.5 Å². The van der Waals surface area contributed by atoms with Crippen molar-refractivity contribution in [3.05, 3.63) is 51.3 Å². The van der Waals surface area contributed by atoms with E-state index in [1.165, 1.54) is 11.3 Å². The maximum absolute atomic E-state index is 6.14. The normalized spacial score (nSPS) is 18.9. The van der Waals surface area contributed by atoms with Crippen LogP contribution in [-0.4, -0.2) is 34.4 Å². The summed E-state index contributed by atoms with van der Waals surface area (Å²) in [5.74, 6) is 0. The van der Waals surface area contributed by atoms with Crippen molar-refractivity contribution in [1.82, 2.24) is 14.7 Å². The molecule has 1 aliphatic rings. The number of rotatable bonds is 5. The van der Waals surface area contributed by atoms with Crippen molar-refractivity contribution in [1.29, 1.82) is 0 Å². The average Bonchev–Trinajstić information content (AvgIpc) is 2.91. The number of nitrogens with zero attached hydrogens (tertiary/aromatic N) is 3. The standard InChI is InChI=1S/C18H23Cl2N3O/c1-3-6-23-13(2)15(10-21-23)11-22-7-8-24-18(12-22)14-4-5-16(19)17(20)9-14/h4-5,9-10,18H,3,6-8,11-12H2,1-2H3. The summed E-state index contributed by atoms with van der Waals surface area (Å²) in [7, 11) is 0. The first-order valence-electron chi connectivity index (χ1n) is 8.38. The molecule has 3 rings (SSSR count). The lowest BCUT2D eigenvalue weighted by Crippen LogP contribution is -2.37. The van der Waals surface area contributed by atoms with E-state index in [9.17, 15) is 0 Å². The fourth-order valence-electron chi connectivity index (χ4n) is 3.08. The zero-order valence-electron chi connectivity index (χ0n) is 14.1. The SMILES string of the molecule is CCCn1ncc(CN2CCOC(c3ccc(Cl)c(Cl)c3)C2)c1C. The number of aromatic nitrogens is 2. The number of halogens is 2. The molecule has 0 spiro atoms. The fourth-order valence-corrected chi connectivity index (χ4v) is 3.39. The number of hydrogen-bond donors (Lipinski definition) is 0. The quantitative estimate of drug-likeness (QED) is 0.780. The molecule has 2 heterocycles. The first kappa shape index (κ1) is 17.7. The lowest BCUT2D eigenvalue weighted by Gasteiger charge is -2.33. The Morgan fingerprint density at radius 2 is 2.12 bits per heavy atom. The molecule has 0 bridgehead atoms. The molecule has 1 aliphatic heterocycles. The Kier molecular flexibility index (Phi) is 5.82. The summed E-state index contributed by atoms with van der Waals surface area (Å²) in [5, 5.41) is 5.65. The Hall–Kier alpha value is -1.07. The van der Waals surface area contributed by atoms with Crippen LogP contribution >= 0.6 is 23.2 Å². The summed E-state index contributed by atoms with van der Waals surface area (Å²) in [5.41, 5.74) is 3.63. The second-order valence-electron chi connectivity index (χ2n) is 6.25. The molecule has 6 heteroatoms. The van der Waals surface area contributed by atoms with Gasteiger partial charge in [0.1, 0.15) is 0 Å². The van der Waals surface area contributed by atoms with Gasteiger partial charge in [0.25, 0.3) is 0 Å². The van der Waals surface area contributed by atoms with Crippen LogP contribution in [0.15, 0.2) is 24.4 Å². The van der Waals surface area contributed by atoms with Gasteiger partial charge in [-0.05, 0) is 31.0 Å². The Morgan fingerprint density at radius 3 is 2.88 bits per heavy atom. The van der Waals surface area contributed by atoms with Crippen LogP contribution in [0.4, 0.5) is 0 Å². The van der Waals surface area contributed by atoms with Gasteiger partial charge in [0.2, 0.25) is 0 Å². The summed E-state index contributed by atoms with van der Waals surface area (Å²) >= 11 is 12.1. The summed E-state index contributed by atoms with van der Waals surface area (Å²) in [6.07, 6.45) is 3.12. The van der Waals surface area contributed by atoms with Crippen LogP contribution in [-0.2, 0) is 17.8 Å². The zero-order valence-corrected chi connectivity index (χ0v) is 15.6. The van der Waals surface area contributed by atoms with Crippen LogP contribution in [0, 0.1) is 6.92 Å². The van der Waals surface area contributed by atoms with Crippen molar-refractivity contribution >= 4 is 23.2 Å². The largest absolute Gasteiger partial charge is 0.371 e. The molecule has 1 fully saturated rings. The predicted octanol–water partition coefficient (Wildman–Crippen LogP) is 4.48. The number of ether oxygens (including phenoxy) is 1. The number of hydrogen-bond acceptors (Lipinski definition) is 3. The second kappa shape index (κ2) is 7.87. The van der Waals surface area contributed by atoms with E-state index >= 15 is 0 Å². The summed E-state index contributed by atoms with van der Waals surface area (Å²) in [4.78, 5) is 2.41. The molecule has 1 aromatic heterocycles. The minimum absolute atomic E-state index is 0.0273. The average molecular weight is 368 g/mol. The van der Waals surface area contributed by atoms with Gasteiger partial charge in [-0.25, -0.2) is 0 Å². The highest BCUT2D eigenvalue weighted by Crippen LogP contribution is 2.29. The molecule has 1 unspecified atom stereocenters. The van der Waals surface area contributed by atoms with Gasteiger partial charge in [-0.2, -0.15) is 5.10 Å². The molecule has 0 N–H and O–H groups in total. The number of benzene rings is 1. The smallest absolute Gasteiger partial charge is 0.0953 e. The van der Waals surface area contributed by atoms with Gasteiger partial charge in [0.15, 0.2) is 0 Å². The number of aryl methyl sites for hydroxylation is 1. The molecular weight excluding hydrogens is 345 g/mol. The molecule has 0 amide bonds. The molecule has 1 aromatic carbocycles. The van der Waals surface area contributed by atoms with Crippen LogP contribution < -0.4 is 0 Å². The minimum atomic E-state index is 0.0273. The molecule has 4 nitrogen and oxygen atoms in total. The fraction of sp³-hybridized carbons (Fsp3) is 0.500. The first-order valence-corrected chi connectivity index (χ1v) is 9.14. The van der Waals surface area contributed by atoms with Crippen LogP contribution in [0.3, 0.4) is 0 Å². The summed E-state index contributed by atoms with van der Waals surface area (Å²) < 4.78 is 8.03. The van der Waals surface area contributed by atoms with Crippen LogP contribution in [0.2, 0.25) is 10.0 Å². The van der Waals surface area contributed by atoms with Gasteiger partial charge in [0, 0.05) is 37.4 Å². The van der Waals surface area contributed by atoms with Gasteiger partial charge in [-0.1, -0.05) is 36.2 Å². The first-order chi connectivity index (χ1) is 11.6. The maximum atomic E-state index is 6.14. The van der Waals surface area contributed by atoms with E-state index < -0.39 is 0 Å². The third kappa shape index (κ3) is 3.94. The van der Waals surface area contributed by atoms with Crippen molar-refractivity contribution in [2.24, 2.45) is 0 Å². The van der Waals surface area contributed by atoms with E-state index in [0.717, 1.165) is 38.2 Å². The lowest BCUT2D eigenvalue weighted by molar-refractivity contribution is -0.0329. The molecule has 2 aromatic rings. The Balaban J connectivity index is 1.68. The van der Waals surface area contributed by atoms with Crippen LogP contribution in [0.1, 0.15) is 36.3 Å². The molecule has 0 aliphatic carbocycles. The number of morpholine rings is 1. The molecular formula is C18H23Cl2N3O. The van der Waals surface area contributed by atoms with E-state index in [0.29, 0.717) is 16.7 Å². The monoisotopic (exact) mass is 367 g/mol. The molecule has 130 valence electrons. The topological polar surface area (TPSA) is 30.3 Å². The lowest BCUT2D eigenvalue weighted by atomic mass is 10.1. The third-order valence-corrected chi connectivity index (χ3v) is 5.24.